The van der Waals surface area contributed by atoms with E-state index in [4.69, 9.17) is 10.5 Å². The van der Waals surface area contributed by atoms with Crippen LogP contribution < -0.4 is 5.73 Å². The average molecular weight is 206 g/mol. The molecule has 1 rings (SSSR count). The first-order chi connectivity index (χ1) is 7.13. The third-order valence-electron chi connectivity index (χ3n) is 1.75. The maximum atomic E-state index is 11.0. The van der Waals surface area contributed by atoms with Gasteiger partial charge in [-0.05, 0) is 31.6 Å². The third-order valence-corrected chi connectivity index (χ3v) is 1.75. The second-order valence-corrected chi connectivity index (χ2v) is 3.07. The topological polar surface area (TPSA) is 65.2 Å². The van der Waals surface area contributed by atoms with Gasteiger partial charge >= 0.3 is 5.97 Å². The number of nitrogens with two attached hydrogens (primary N) is 1. The van der Waals surface area contributed by atoms with E-state index in [1.165, 1.54) is 6.08 Å². The summed E-state index contributed by atoms with van der Waals surface area (Å²) >= 11 is 0. The molecule has 0 unspecified atom stereocenters. The fraction of sp³-hybridized carbons (Fsp3) is 0.273. The number of nitrogen functional groups attached to an aromatic ring is 1. The zero-order chi connectivity index (χ0) is 11.3. The second kappa shape index (κ2) is 5.14. The molecule has 0 spiro atoms. The molecule has 0 aromatic carbocycles. The fourth-order valence-corrected chi connectivity index (χ4v) is 1.08. The van der Waals surface area contributed by atoms with E-state index in [-0.39, 0.29) is 5.97 Å². The van der Waals surface area contributed by atoms with Crippen molar-refractivity contribution in [3.05, 3.63) is 29.6 Å². The van der Waals surface area contributed by atoms with Gasteiger partial charge in [0.15, 0.2) is 0 Å². The molecule has 0 amide bonds. The number of pyridine rings is 1. The second-order valence-electron chi connectivity index (χ2n) is 3.07. The van der Waals surface area contributed by atoms with Gasteiger partial charge in [0.25, 0.3) is 0 Å². The zero-order valence-electron chi connectivity index (χ0n) is 8.86. The predicted molar refractivity (Wildman–Crippen MR) is 59.1 cm³/mol. The number of ether oxygens (including phenoxy) is 1. The number of rotatable bonds is 3. The molecule has 0 atom stereocenters. The van der Waals surface area contributed by atoms with Gasteiger partial charge in [0.1, 0.15) is 0 Å². The Kier molecular flexibility index (Phi) is 3.85. The molecule has 1 aromatic heterocycles. The van der Waals surface area contributed by atoms with E-state index in [0.29, 0.717) is 18.0 Å². The van der Waals surface area contributed by atoms with Crippen molar-refractivity contribution >= 4 is 17.7 Å². The largest absolute Gasteiger partial charge is 0.463 e. The van der Waals surface area contributed by atoms with Gasteiger partial charge in [0.05, 0.1) is 18.0 Å². The van der Waals surface area contributed by atoms with E-state index < -0.39 is 0 Å². The summed E-state index contributed by atoms with van der Waals surface area (Å²) in [5.41, 5.74) is 7.83. The number of carbonyl (C=O) groups is 1. The number of hydrogen-bond donors (Lipinski definition) is 1. The van der Waals surface area contributed by atoms with Crippen LogP contribution in [0.15, 0.2) is 18.3 Å². The van der Waals surface area contributed by atoms with Crippen LogP contribution in [0.25, 0.3) is 6.08 Å². The van der Waals surface area contributed by atoms with Crippen LogP contribution >= 0.6 is 0 Å². The first-order valence-corrected chi connectivity index (χ1v) is 4.70. The molecule has 4 nitrogen and oxygen atoms in total. The molecule has 15 heavy (non-hydrogen) atoms. The van der Waals surface area contributed by atoms with Crippen LogP contribution in [0.5, 0.6) is 0 Å². The molecule has 0 radical (unpaired) electrons. The summed E-state index contributed by atoms with van der Waals surface area (Å²) in [6, 6.07) is 1.80. The number of hydrogen-bond acceptors (Lipinski definition) is 4. The van der Waals surface area contributed by atoms with Gasteiger partial charge in [-0.1, -0.05) is 0 Å². The summed E-state index contributed by atoms with van der Waals surface area (Å²) in [7, 11) is 0. The van der Waals surface area contributed by atoms with Crippen LogP contribution in [-0.2, 0) is 9.53 Å². The molecule has 0 aliphatic heterocycles. The van der Waals surface area contributed by atoms with E-state index in [0.717, 1.165) is 5.56 Å². The van der Waals surface area contributed by atoms with Crippen LogP contribution in [0.4, 0.5) is 5.69 Å². The van der Waals surface area contributed by atoms with Crippen LogP contribution in [0.3, 0.4) is 0 Å². The number of anilines is 1. The standard InChI is InChI=1S/C11H14N2O2/c1-3-15-11(14)5-4-10-9(12)6-8(2)7-13-10/h4-7H,3,12H2,1-2H3/b5-4+. The van der Waals surface area contributed by atoms with Gasteiger partial charge in [-0.2, -0.15) is 0 Å². The van der Waals surface area contributed by atoms with Gasteiger partial charge in [-0.3, -0.25) is 4.98 Å². The maximum Gasteiger partial charge on any atom is 0.330 e. The minimum atomic E-state index is -0.390. The molecule has 1 aromatic rings. The van der Waals surface area contributed by atoms with E-state index in [1.807, 2.05) is 6.92 Å². The Morgan fingerprint density at radius 2 is 2.40 bits per heavy atom. The van der Waals surface area contributed by atoms with Crippen LogP contribution in [0.1, 0.15) is 18.2 Å². The Morgan fingerprint density at radius 3 is 3.00 bits per heavy atom. The molecular weight excluding hydrogens is 192 g/mol. The molecule has 0 bridgehead atoms. The lowest BCUT2D eigenvalue weighted by Gasteiger charge is -2.00. The van der Waals surface area contributed by atoms with Crippen LogP contribution in [-0.4, -0.2) is 17.6 Å². The minimum Gasteiger partial charge on any atom is -0.463 e. The number of esters is 1. The average Bonchev–Trinajstić information content (AvgIpc) is 2.17. The summed E-state index contributed by atoms with van der Waals surface area (Å²) in [6.45, 7) is 4.02. The van der Waals surface area contributed by atoms with E-state index in [1.54, 1.807) is 25.3 Å². The summed E-state index contributed by atoms with van der Waals surface area (Å²) in [4.78, 5) is 15.1. The molecular formula is C11H14N2O2. The van der Waals surface area contributed by atoms with Crippen LogP contribution in [0.2, 0.25) is 0 Å². The molecule has 0 aliphatic rings. The van der Waals surface area contributed by atoms with Crippen LogP contribution in [0, 0.1) is 6.92 Å². The zero-order valence-corrected chi connectivity index (χ0v) is 8.86. The highest BCUT2D eigenvalue weighted by molar-refractivity contribution is 5.87. The Hall–Kier alpha value is -1.84. The number of carbonyl (C=O) groups excluding carboxylic acids is 1. The molecule has 0 fully saturated rings. The Morgan fingerprint density at radius 1 is 1.67 bits per heavy atom. The lowest BCUT2D eigenvalue weighted by atomic mass is 10.2. The Bertz CT molecular complexity index is 386. The molecule has 4 heteroatoms. The highest BCUT2D eigenvalue weighted by atomic mass is 16.5. The lowest BCUT2D eigenvalue weighted by molar-refractivity contribution is -0.137. The van der Waals surface area contributed by atoms with Gasteiger partial charge in [0.2, 0.25) is 0 Å². The van der Waals surface area contributed by atoms with Crippen molar-refractivity contribution in [3.63, 3.8) is 0 Å². The van der Waals surface area contributed by atoms with Gasteiger partial charge in [0, 0.05) is 12.3 Å². The highest BCUT2D eigenvalue weighted by Gasteiger charge is 1.98. The quantitative estimate of drug-likeness (QED) is 0.602. The predicted octanol–water partition coefficient (Wildman–Crippen LogP) is 1.55. The van der Waals surface area contributed by atoms with Crippen molar-refractivity contribution in [2.75, 3.05) is 12.3 Å². The van der Waals surface area contributed by atoms with Crippen molar-refractivity contribution < 1.29 is 9.53 Å². The molecule has 80 valence electrons. The fourth-order valence-electron chi connectivity index (χ4n) is 1.08. The Labute approximate surface area is 88.8 Å². The van der Waals surface area contributed by atoms with Crippen molar-refractivity contribution in [1.29, 1.82) is 0 Å². The summed E-state index contributed by atoms with van der Waals surface area (Å²) in [5.74, 6) is -0.390. The van der Waals surface area contributed by atoms with Crippen molar-refractivity contribution in [2.45, 2.75) is 13.8 Å². The smallest absolute Gasteiger partial charge is 0.330 e. The first-order valence-electron chi connectivity index (χ1n) is 4.70. The SMILES string of the molecule is CCOC(=O)/C=C/c1ncc(C)cc1N. The molecule has 0 saturated heterocycles. The number of aryl methyl sites for hydroxylation is 1. The summed E-state index contributed by atoms with van der Waals surface area (Å²) in [6.07, 6.45) is 4.56. The first kappa shape index (κ1) is 11.2. The lowest BCUT2D eigenvalue weighted by Crippen LogP contribution is -1.99. The van der Waals surface area contributed by atoms with Crippen molar-refractivity contribution in [1.82, 2.24) is 4.98 Å². The van der Waals surface area contributed by atoms with Crippen molar-refractivity contribution in [2.24, 2.45) is 0 Å². The summed E-state index contributed by atoms with van der Waals surface area (Å²) in [5, 5.41) is 0. The molecule has 1 heterocycles. The minimum absolute atomic E-state index is 0.361. The number of nitrogens with zero attached hydrogens (tertiary/aromatic N) is 1. The molecule has 0 saturated carbocycles. The monoisotopic (exact) mass is 206 g/mol. The van der Waals surface area contributed by atoms with Gasteiger partial charge in [-0.25, -0.2) is 4.79 Å². The van der Waals surface area contributed by atoms with Crippen molar-refractivity contribution in [3.8, 4) is 0 Å². The van der Waals surface area contributed by atoms with E-state index in [9.17, 15) is 4.79 Å². The maximum absolute atomic E-state index is 11.0. The Balaban J connectivity index is 2.76. The third kappa shape index (κ3) is 3.42. The van der Waals surface area contributed by atoms with E-state index in [2.05, 4.69) is 4.98 Å². The number of aromatic nitrogens is 1. The summed E-state index contributed by atoms with van der Waals surface area (Å²) < 4.78 is 4.73. The van der Waals surface area contributed by atoms with Gasteiger partial charge < -0.3 is 10.5 Å². The van der Waals surface area contributed by atoms with Gasteiger partial charge in [-0.15, -0.1) is 0 Å². The molecule has 0 aliphatic carbocycles. The normalized spacial score (nSPS) is 10.5. The highest BCUT2D eigenvalue weighted by Crippen LogP contribution is 2.11. The molecule has 2 N–H and O–H groups in total. The van der Waals surface area contributed by atoms with E-state index >= 15 is 0 Å².